The van der Waals surface area contributed by atoms with E-state index in [9.17, 15) is 9.59 Å². The normalized spacial score (nSPS) is 15.0. The Morgan fingerprint density at radius 3 is 3.00 bits per heavy atom. The van der Waals surface area contributed by atoms with Gasteiger partial charge in [0.05, 0.1) is 12.6 Å². The van der Waals surface area contributed by atoms with Crippen molar-refractivity contribution in [3.63, 3.8) is 0 Å². The number of anilines is 1. The van der Waals surface area contributed by atoms with E-state index < -0.39 is 0 Å². The van der Waals surface area contributed by atoms with Gasteiger partial charge in [-0.25, -0.2) is 0 Å². The highest BCUT2D eigenvalue weighted by molar-refractivity contribution is 5.94. The predicted octanol–water partition coefficient (Wildman–Crippen LogP) is 0.804. The molecule has 0 radical (unpaired) electrons. The second-order valence-corrected chi connectivity index (χ2v) is 5.02. The molecule has 2 amide bonds. The highest BCUT2D eigenvalue weighted by atomic mass is 16.5. The van der Waals surface area contributed by atoms with E-state index in [2.05, 4.69) is 10.6 Å². The fourth-order valence-electron chi connectivity index (χ4n) is 2.34. The number of nitrogens with two attached hydrogens (primary N) is 1. The van der Waals surface area contributed by atoms with Crippen LogP contribution >= 0.6 is 0 Å². The molecular formula is C15H21N3O3. The third kappa shape index (κ3) is 4.19. The molecule has 1 unspecified atom stereocenters. The van der Waals surface area contributed by atoms with Gasteiger partial charge in [0.15, 0.2) is 0 Å². The zero-order valence-electron chi connectivity index (χ0n) is 12.1. The van der Waals surface area contributed by atoms with E-state index in [0.717, 1.165) is 23.4 Å². The Kier molecular flexibility index (Phi) is 5.16. The maximum Gasteiger partial charge on any atom is 0.234 e. The Hall–Kier alpha value is -2.08. The summed E-state index contributed by atoms with van der Waals surface area (Å²) in [5.41, 5.74) is 7.23. The number of fused-ring (bicyclic) bond motifs is 1. The van der Waals surface area contributed by atoms with Crippen molar-refractivity contribution in [3.8, 4) is 5.75 Å². The van der Waals surface area contributed by atoms with Crippen LogP contribution in [0.5, 0.6) is 5.75 Å². The van der Waals surface area contributed by atoms with Crippen molar-refractivity contribution in [3.05, 3.63) is 23.8 Å². The molecule has 0 aromatic heterocycles. The number of likely N-dealkylation sites (N-methyl/N-ethyl adjacent to an activating group) is 1. The van der Waals surface area contributed by atoms with Gasteiger partial charge in [0.2, 0.25) is 11.8 Å². The van der Waals surface area contributed by atoms with Gasteiger partial charge in [-0.05, 0) is 36.7 Å². The molecule has 6 heteroatoms. The summed E-state index contributed by atoms with van der Waals surface area (Å²) in [6.07, 6.45) is 1.75. The Bertz CT molecular complexity index is 531. The molecule has 1 atom stereocenters. The van der Waals surface area contributed by atoms with Crippen LogP contribution in [0.15, 0.2) is 18.2 Å². The van der Waals surface area contributed by atoms with Crippen molar-refractivity contribution in [1.82, 2.24) is 5.32 Å². The Labute approximate surface area is 124 Å². The van der Waals surface area contributed by atoms with Crippen LogP contribution in [-0.2, 0) is 16.0 Å². The molecule has 0 saturated carbocycles. The molecule has 4 N–H and O–H groups in total. The molecule has 0 saturated heterocycles. The van der Waals surface area contributed by atoms with Crippen molar-refractivity contribution in [2.75, 3.05) is 18.5 Å². The number of hydrogen-bond acceptors (Lipinski definition) is 4. The summed E-state index contributed by atoms with van der Waals surface area (Å²) >= 11 is 0. The fourth-order valence-corrected chi connectivity index (χ4v) is 2.34. The number of ether oxygens (including phenoxy) is 1. The zero-order chi connectivity index (χ0) is 15.2. The SMILES string of the molecule is CCNC(CCOc1ccc2c(c1)CCC(=O)N2)C(N)=O. The minimum Gasteiger partial charge on any atom is -0.494 e. The second-order valence-electron chi connectivity index (χ2n) is 5.02. The predicted molar refractivity (Wildman–Crippen MR) is 80.2 cm³/mol. The van der Waals surface area contributed by atoms with Gasteiger partial charge in [-0.1, -0.05) is 6.92 Å². The third-order valence-corrected chi connectivity index (χ3v) is 3.44. The van der Waals surface area contributed by atoms with E-state index in [1.165, 1.54) is 0 Å². The Morgan fingerprint density at radius 2 is 2.29 bits per heavy atom. The second kappa shape index (κ2) is 7.08. The van der Waals surface area contributed by atoms with E-state index >= 15 is 0 Å². The number of primary amides is 1. The quantitative estimate of drug-likeness (QED) is 0.693. The smallest absolute Gasteiger partial charge is 0.234 e. The van der Waals surface area contributed by atoms with Crippen molar-refractivity contribution in [2.45, 2.75) is 32.2 Å². The van der Waals surface area contributed by atoms with Crippen LogP contribution in [0.4, 0.5) is 5.69 Å². The molecular weight excluding hydrogens is 270 g/mol. The lowest BCUT2D eigenvalue weighted by atomic mass is 10.0. The topological polar surface area (TPSA) is 93.4 Å². The first kappa shape index (κ1) is 15.3. The minimum atomic E-state index is -0.369. The summed E-state index contributed by atoms with van der Waals surface area (Å²) in [6.45, 7) is 3.02. The lowest BCUT2D eigenvalue weighted by molar-refractivity contribution is -0.120. The molecule has 114 valence electrons. The van der Waals surface area contributed by atoms with E-state index in [4.69, 9.17) is 10.5 Å². The number of rotatable bonds is 7. The van der Waals surface area contributed by atoms with E-state index in [0.29, 0.717) is 26.0 Å². The standard InChI is InChI=1S/C15H21N3O3/c1-2-17-13(15(16)20)7-8-21-11-4-5-12-10(9-11)3-6-14(19)18-12/h4-5,9,13,17H,2-3,6-8H2,1H3,(H2,16,20)(H,18,19). The van der Waals surface area contributed by atoms with Crippen LogP contribution in [0.25, 0.3) is 0 Å². The first-order valence-electron chi connectivity index (χ1n) is 7.18. The van der Waals surface area contributed by atoms with Crippen molar-refractivity contribution < 1.29 is 14.3 Å². The third-order valence-electron chi connectivity index (χ3n) is 3.44. The Morgan fingerprint density at radius 1 is 1.48 bits per heavy atom. The maximum absolute atomic E-state index is 11.3. The zero-order valence-corrected chi connectivity index (χ0v) is 12.1. The van der Waals surface area contributed by atoms with Crippen LogP contribution in [0.2, 0.25) is 0 Å². The Balaban J connectivity index is 1.89. The summed E-state index contributed by atoms with van der Waals surface area (Å²) in [4.78, 5) is 22.5. The van der Waals surface area contributed by atoms with Crippen LogP contribution < -0.4 is 21.1 Å². The van der Waals surface area contributed by atoms with Crippen molar-refractivity contribution in [1.29, 1.82) is 0 Å². The summed E-state index contributed by atoms with van der Waals surface area (Å²) in [5, 5.41) is 5.85. The number of nitrogens with one attached hydrogen (secondary N) is 2. The van der Waals surface area contributed by atoms with Crippen LogP contribution in [0, 0.1) is 0 Å². The molecule has 2 rings (SSSR count). The van der Waals surface area contributed by atoms with Crippen molar-refractivity contribution in [2.24, 2.45) is 5.73 Å². The number of benzene rings is 1. The average molecular weight is 291 g/mol. The van der Waals surface area contributed by atoms with Gasteiger partial charge >= 0.3 is 0 Å². The number of hydrogen-bond donors (Lipinski definition) is 3. The number of amides is 2. The average Bonchev–Trinajstić information content (AvgIpc) is 2.46. The monoisotopic (exact) mass is 291 g/mol. The molecule has 1 aromatic carbocycles. The van der Waals surface area contributed by atoms with Gasteiger partial charge in [-0.3, -0.25) is 9.59 Å². The van der Waals surface area contributed by atoms with Crippen LogP contribution in [0.1, 0.15) is 25.3 Å². The highest BCUT2D eigenvalue weighted by Crippen LogP contribution is 2.26. The van der Waals surface area contributed by atoms with Gasteiger partial charge in [0, 0.05) is 18.5 Å². The summed E-state index contributed by atoms with van der Waals surface area (Å²) in [7, 11) is 0. The number of carbonyl (C=O) groups excluding carboxylic acids is 2. The molecule has 0 spiro atoms. The summed E-state index contributed by atoms with van der Waals surface area (Å²) < 4.78 is 5.67. The molecule has 21 heavy (non-hydrogen) atoms. The van der Waals surface area contributed by atoms with E-state index in [1.807, 2.05) is 25.1 Å². The van der Waals surface area contributed by atoms with Crippen LogP contribution in [0.3, 0.4) is 0 Å². The van der Waals surface area contributed by atoms with Gasteiger partial charge < -0.3 is 21.1 Å². The summed E-state index contributed by atoms with van der Waals surface area (Å²) in [6, 6.07) is 5.22. The molecule has 0 aliphatic carbocycles. The van der Waals surface area contributed by atoms with Gasteiger partial charge in [0.1, 0.15) is 5.75 Å². The maximum atomic E-state index is 11.3. The van der Waals surface area contributed by atoms with Crippen LogP contribution in [-0.4, -0.2) is 31.0 Å². The summed E-state index contributed by atoms with van der Waals surface area (Å²) in [5.74, 6) is 0.421. The lowest BCUT2D eigenvalue weighted by Crippen LogP contribution is -2.42. The first-order valence-corrected chi connectivity index (χ1v) is 7.18. The fraction of sp³-hybridized carbons (Fsp3) is 0.467. The number of aryl methyl sites for hydroxylation is 1. The largest absolute Gasteiger partial charge is 0.494 e. The first-order chi connectivity index (χ1) is 10.1. The highest BCUT2D eigenvalue weighted by Gasteiger charge is 2.16. The molecule has 0 bridgehead atoms. The van der Waals surface area contributed by atoms with Gasteiger partial charge in [-0.15, -0.1) is 0 Å². The molecule has 1 aliphatic heterocycles. The van der Waals surface area contributed by atoms with Gasteiger partial charge in [0.25, 0.3) is 0 Å². The van der Waals surface area contributed by atoms with E-state index in [1.54, 1.807) is 0 Å². The molecule has 0 fully saturated rings. The molecule has 6 nitrogen and oxygen atoms in total. The lowest BCUT2D eigenvalue weighted by Gasteiger charge is -2.18. The molecule has 1 aromatic rings. The number of carbonyl (C=O) groups is 2. The molecule has 1 aliphatic rings. The van der Waals surface area contributed by atoms with Gasteiger partial charge in [-0.2, -0.15) is 0 Å². The molecule has 1 heterocycles. The van der Waals surface area contributed by atoms with E-state index in [-0.39, 0.29) is 17.9 Å². The minimum absolute atomic E-state index is 0.0473. The van der Waals surface area contributed by atoms with Crippen molar-refractivity contribution >= 4 is 17.5 Å².